The molecule has 0 atom stereocenters. The molecule has 0 aliphatic heterocycles. The number of rotatable bonds is 2. The van der Waals surface area contributed by atoms with Gasteiger partial charge in [-0.05, 0) is 30.7 Å². The molecule has 0 spiro atoms. The van der Waals surface area contributed by atoms with Crippen LogP contribution in [0, 0.1) is 11.6 Å². The summed E-state index contributed by atoms with van der Waals surface area (Å²) in [6, 6.07) is 3.36. The maximum absolute atomic E-state index is 13.1. The molecule has 1 rings (SSSR count). The van der Waals surface area contributed by atoms with Crippen LogP contribution in [0.5, 0.6) is 0 Å². The van der Waals surface area contributed by atoms with Crippen molar-refractivity contribution in [2.45, 2.75) is 6.92 Å². The van der Waals surface area contributed by atoms with E-state index >= 15 is 0 Å². The highest BCUT2D eigenvalue weighted by Gasteiger charge is 2.05. The lowest BCUT2D eigenvalue weighted by molar-refractivity contribution is 0.597. The molecular formula is C11H10F2. The van der Waals surface area contributed by atoms with Crippen LogP contribution in [-0.2, 0) is 0 Å². The van der Waals surface area contributed by atoms with Gasteiger partial charge in [-0.25, -0.2) is 8.78 Å². The fourth-order valence-corrected chi connectivity index (χ4v) is 1.10. The van der Waals surface area contributed by atoms with Crippen molar-refractivity contribution in [3.63, 3.8) is 0 Å². The molecule has 0 radical (unpaired) electrons. The number of hydrogen-bond acceptors (Lipinski definition) is 0. The minimum Gasteiger partial charge on any atom is -0.207 e. The normalized spacial score (nSPS) is 11.5. The molecule has 0 aromatic heterocycles. The molecular weight excluding hydrogens is 170 g/mol. The highest BCUT2D eigenvalue weighted by molar-refractivity contribution is 5.73. The smallest absolute Gasteiger partial charge is 0.131 e. The second-order valence-corrected chi connectivity index (χ2v) is 2.57. The van der Waals surface area contributed by atoms with Gasteiger partial charge in [-0.2, -0.15) is 0 Å². The summed E-state index contributed by atoms with van der Waals surface area (Å²) in [5, 5.41) is 0. The highest BCUT2D eigenvalue weighted by Crippen LogP contribution is 2.19. The minimum absolute atomic E-state index is 0.248. The van der Waals surface area contributed by atoms with Gasteiger partial charge >= 0.3 is 0 Å². The number of halogens is 2. The lowest BCUT2D eigenvalue weighted by Crippen LogP contribution is -1.88. The van der Waals surface area contributed by atoms with E-state index in [0.29, 0.717) is 5.57 Å². The average molecular weight is 180 g/mol. The Morgan fingerprint density at radius 3 is 2.62 bits per heavy atom. The van der Waals surface area contributed by atoms with Gasteiger partial charge in [0.1, 0.15) is 11.6 Å². The first-order valence-electron chi connectivity index (χ1n) is 3.93. The molecule has 0 N–H and O–H groups in total. The van der Waals surface area contributed by atoms with Gasteiger partial charge in [0.05, 0.1) is 0 Å². The van der Waals surface area contributed by atoms with Crippen molar-refractivity contribution in [1.29, 1.82) is 0 Å². The van der Waals surface area contributed by atoms with Crippen molar-refractivity contribution >= 4 is 5.57 Å². The summed E-state index contributed by atoms with van der Waals surface area (Å²) < 4.78 is 25.9. The van der Waals surface area contributed by atoms with Crippen molar-refractivity contribution in [2.24, 2.45) is 0 Å². The lowest BCUT2D eigenvalue weighted by atomic mass is 10.1. The third-order valence-electron chi connectivity index (χ3n) is 1.77. The fraction of sp³-hybridized carbons (Fsp3) is 0.0909. The van der Waals surface area contributed by atoms with Gasteiger partial charge < -0.3 is 0 Å². The molecule has 1 aromatic rings. The van der Waals surface area contributed by atoms with Crippen molar-refractivity contribution in [3.8, 4) is 0 Å². The van der Waals surface area contributed by atoms with Gasteiger partial charge in [-0.15, -0.1) is 0 Å². The van der Waals surface area contributed by atoms with Crippen molar-refractivity contribution in [3.05, 3.63) is 54.1 Å². The van der Waals surface area contributed by atoms with Gasteiger partial charge in [0.2, 0.25) is 0 Å². The van der Waals surface area contributed by atoms with Crippen LogP contribution in [0.4, 0.5) is 8.78 Å². The van der Waals surface area contributed by atoms with Crippen molar-refractivity contribution in [2.75, 3.05) is 0 Å². The fourth-order valence-electron chi connectivity index (χ4n) is 1.10. The van der Waals surface area contributed by atoms with Gasteiger partial charge in [0, 0.05) is 5.56 Å². The first-order chi connectivity index (χ1) is 6.19. The van der Waals surface area contributed by atoms with Crippen LogP contribution in [0.1, 0.15) is 12.5 Å². The Morgan fingerprint density at radius 1 is 1.38 bits per heavy atom. The van der Waals surface area contributed by atoms with Crippen LogP contribution < -0.4 is 0 Å². The lowest BCUT2D eigenvalue weighted by Gasteiger charge is -2.02. The average Bonchev–Trinajstić information content (AvgIpc) is 2.13. The molecule has 0 aliphatic rings. The molecule has 0 amide bonds. The van der Waals surface area contributed by atoms with E-state index in [0.717, 1.165) is 18.2 Å². The summed E-state index contributed by atoms with van der Waals surface area (Å²) >= 11 is 0. The zero-order valence-electron chi connectivity index (χ0n) is 7.35. The number of allylic oxidation sites excluding steroid dienone is 3. The molecule has 0 fully saturated rings. The van der Waals surface area contributed by atoms with E-state index < -0.39 is 11.6 Å². The zero-order chi connectivity index (χ0) is 9.84. The van der Waals surface area contributed by atoms with E-state index in [1.165, 1.54) is 6.08 Å². The standard InChI is InChI=1S/C11H10F2/c1-3-8(4-2)10-7-9(12)5-6-11(10)13/h3-7H,1H2,2H3/b8-4+. The molecule has 0 bridgehead atoms. The van der Waals surface area contributed by atoms with Crippen LogP contribution in [0.25, 0.3) is 5.57 Å². The van der Waals surface area contributed by atoms with Gasteiger partial charge in [0.15, 0.2) is 0 Å². The first kappa shape index (κ1) is 9.65. The Morgan fingerprint density at radius 2 is 2.08 bits per heavy atom. The molecule has 0 heterocycles. The van der Waals surface area contributed by atoms with E-state index in [1.807, 2.05) is 0 Å². The molecule has 13 heavy (non-hydrogen) atoms. The van der Waals surface area contributed by atoms with Crippen LogP contribution in [0.15, 0.2) is 36.9 Å². The van der Waals surface area contributed by atoms with E-state index in [2.05, 4.69) is 6.58 Å². The third-order valence-corrected chi connectivity index (χ3v) is 1.77. The predicted molar refractivity (Wildman–Crippen MR) is 50.2 cm³/mol. The predicted octanol–water partition coefficient (Wildman–Crippen LogP) is 3.55. The van der Waals surface area contributed by atoms with Crippen LogP contribution in [0.2, 0.25) is 0 Å². The van der Waals surface area contributed by atoms with E-state index in [1.54, 1.807) is 13.0 Å². The molecule has 0 nitrogen and oxygen atoms in total. The third kappa shape index (κ3) is 2.02. The van der Waals surface area contributed by atoms with Gasteiger partial charge in [0.25, 0.3) is 0 Å². The van der Waals surface area contributed by atoms with Gasteiger partial charge in [-0.1, -0.05) is 18.7 Å². The highest BCUT2D eigenvalue weighted by atomic mass is 19.1. The quantitative estimate of drug-likeness (QED) is 0.610. The molecule has 0 unspecified atom stereocenters. The first-order valence-corrected chi connectivity index (χ1v) is 3.93. The van der Waals surface area contributed by atoms with E-state index in [4.69, 9.17) is 0 Å². The monoisotopic (exact) mass is 180 g/mol. The Hall–Kier alpha value is -1.44. The van der Waals surface area contributed by atoms with Crippen LogP contribution in [-0.4, -0.2) is 0 Å². The Labute approximate surface area is 76.2 Å². The summed E-state index contributed by atoms with van der Waals surface area (Å²) in [6.07, 6.45) is 3.18. The molecule has 1 aromatic carbocycles. The topological polar surface area (TPSA) is 0 Å². The van der Waals surface area contributed by atoms with Gasteiger partial charge in [-0.3, -0.25) is 0 Å². The second kappa shape index (κ2) is 3.99. The summed E-state index contributed by atoms with van der Waals surface area (Å²) in [4.78, 5) is 0. The summed E-state index contributed by atoms with van der Waals surface area (Å²) in [5.41, 5.74) is 0.842. The summed E-state index contributed by atoms with van der Waals surface area (Å²) in [7, 11) is 0. The largest absolute Gasteiger partial charge is 0.207 e. The van der Waals surface area contributed by atoms with Crippen molar-refractivity contribution < 1.29 is 8.78 Å². The molecule has 0 saturated carbocycles. The van der Waals surface area contributed by atoms with Crippen LogP contribution in [0.3, 0.4) is 0 Å². The maximum atomic E-state index is 13.1. The summed E-state index contributed by atoms with van der Waals surface area (Å²) in [5.74, 6) is -0.882. The number of hydrogen-bond donors (Lipinski definition) is 0. The van der Waals surface area contributed by atoms with E-state index in [9.17, 15) is 8.78 Å². The second-order valence-electron chi connectivity index (χ2n) is 2.57. The van der Waals surface area contributed by atoms with Crippen LogP contribution >= 0.6 is 0 Å². The minimum atomic E-state index is -0.447. The summed E-state index contributed by atoms with van der Waals surface area (Å²) in [6.45, 7) is 5.27. The molecule has 0 aliphatic carbocycles. The molecule has 2 heteroatoms. The Kier molecular flexibility index (Phi) is 2.96. The zero-order valence-corrected chi connectivity index (χ0v) is 7.35. The number of benzene rings is 1. The SMILES string of the molecule is C=C/C(=C\C)c1cc(F)ccc1F. The molecule has 0 saturated heterocycles. The maximum Gasteiger partial charge on any atom is 0.131 e. The Balaban J connectivity index is 3.27. The molecule has 68 valence electrons. The Bertz CT molecular complexity index is 351. The van der Waals surface area contributed by atoms with E-state index in [-0.39, 0.29) is 5.56 Å². The van der Waals surface area contributed by atoms with Crippen molar-refractivity contribution in [1.82, 2.24) is 0 Å².